The molecule has 0 aliphatic heterocycles. The van der Waals surface area contributed by atoms with Crippen molar-refractivity contribution < 1.29 is 0 Å². The highest BCUT2D eigenvalue weighted by molar-refractivity contribution is 6.12. The molecule has 3 heteroatoms. The van der Waals surface area contributed by atoms with E-state index in [9.17, 15) is 0 Å². The maximum Gasteiger partial charge on any atom is 0.146 e. The van der Waals surface area contributed by atoms with Crippen LogP contribution in [-0.2, 0) is 6.42 Å². The Hall–Kier alpha value is -3.20. The van der Waals surface area contributed by atoms with Crippen LogP contribution in [0.2, 0.25) is 0 Å². The van der Waals surface area contributed by atoms with Gasteiger partial charge in [-0.1, -0.05) is 24.3 Å². The molecule has 1 aliphatic carbocycles. The molecule has 0 saturated carbocycles. The first-order valence-electron chi connectivity index (χ1n) is 8.15. The molecule has 6 rings (SSSR count). The van der Waals surface area contributed by atoms with Crippen LogP contribution in [0.5, 0.6) is 0 Å². The average molecular weight is 307 g/mol. The quantitative estimate of drug-likeness (QED) is 0.384. The topological polar surface area (TPSA) is 30.2 Å². The van der Waals surface area contributed by atoms with E-state index in [1.807, 2.05) is 24.7 Å². The van der Waals surface area contributed by atoms with E-state index in [4.69, 9.17) is 0 Å². The van der Waals surface area contributed by atoms with E-state index in [2.05, 4.69) is 56.8 Å². The fourth-order valence-electron chi connectivity index (χ4n) is 4.06. The van der Waals surface area contributed by atoms with Gasteiger partial charge in [0.1, 0.15) is 11.3 Å². The summed E-state index contributed by atoms with van der Waals surface area (Å²) in [6, 6.07) is 17.5. The zero-order chi connectivity index (χ0) is 15.7. The molecule has 3 nitrogen and oxygen atoms in total. The molecule has 0 bridgehead atoms. The highest BCUT2D eigenvalue weighted by Gasteiger charge is 2.20. The van der Waals surface area contributed by atoms with Gasteiger partial charge in [-0.3, -0.25) is 4.40 Å². The van der Waals surface area contributed by atoms with E-state index in [0.29, 0.717) is 0 Å². The van der Waals surface area contributed by atoms with Gasteiger partial charge in [0.25, 0.3) is 0 Å². The molecule has 0 saturated heterocycles. The van der Waals surface area contributed by atoms with Crippen molar-refractivity contribution in [2.24, 2.45) is 0 Å². The average Bonchev–Trinajstić information content (AvgIpc) is 3.25. The third-order valence-electron chi connectivity index (χ3n) is 5.12. The van der Waals surface area contributed by atoms with Crippen LogP contribution in [0.1, 0.15) is 11.1 Å². The molecule has 1 aliphatic rings. The minimum atomic E-state index is 0.962. The Bertz CT molecular complexity index is 1280. The molecule has 112 valence electrons. The zero-order valence-corrected chi connectivity index (χ0v) is 12.9. The lowest BCUT2D eigenvalue weighted by molar-refractivity contribution is 1.20. The largest absolute Gasteiger partial charge is 0.283 e. The summed E-state index contributed by atoms with van der Waals surface area (Å²) in [6.45, 7) is 0. The number of rotatable bonds is 0. The van der Waals surface area contributed by atoms with Crippen molar-refractivity contribution in [3.05, 3.63) is 78.2 Å². The van der Waals surface area contributed by atoms with Gasteiger partial charge < -0.3 is 0 Å². The van der Waals surface area contributed by atoms with Crippen LogP contribution in [-0.4, -0.2) is 14.4 Å². The highest BCUT2D eigenvalue weighted by atomic mass is 15.0. The standard InChI is InChI=1S/C21H13N3/c1-2-5-15-13(4-1)10-14-11-19-18(12-17(14)15)16-6-3-7-22-20(16)24-9-8-23-21(19)24/h1-9,11-12H,10H2. The third-order valence-corrected chi connectivity index (χ3v) is 5.12. The SMILES string of the molecule is c1ccc2c(c1)Cc1cc3c(cc1-2)c1cccnc1n1ccnc31. The molecule has 24 heavy (non-hydrogen) atoms. The fourth-order valence-corrected chi connectivity index (χ4v) is 4.06. The summed E-state index contributed by atoms with van der Waals surface area (Å²) in [7, 11) is 0. The monoisotopic (exact) mass is 307 g/mol. The van der Waals surface area contributed by atoms with Gasteiger partial charge in [-0.05, 0) is 58.3 Å². The predicted octanol–water partition coefficient (Wildman–Crippen LogP) is 4.61. The number of pyridine rings is 2. The maximum absolute atomic E-state index is 4.59. The van der Waals surface area contributed by atoms with Gasteiger partial charge in [-0.2, -0.15) is 0 Å². The summed E-state index contributed by atoms with van der Waals surface area (Å²) in [5, 5.41) is 3.60. The molecule has 0 atom stereocenters. The molecular formula is C21H13N3. The van der Waals surface area contributed by atoms with E-state index < -0.39 is 0 Å². The van der Waals surface area contributed by atoms with Crippen molar-refractivity contribution in [2.75, 3.05) is 0 Å². The molecular weight excluding hydrogens is 294 g/mol. The van der Waals surface area contributed by atoms with Crippen molar-refractivity contribution in [1.29, 1.82) is 0 Å². The number of nitrogens with zero attached hydrogens (tertiary/aromatic N) is 3. The Kier molecular flexibility index (Phi) is 2.15. The molecule has 0 unspecified atom stereocenters. The lowest BCUT2D eigenvalue weighted by Crippen LogP contribution is -1.94. The van der Waals surface area contributed by atoms with Crippen LogP contribution < -0.4 is 0 Å². The molecule has 3 heterocycles. The van der Waals surface area contributed by atoms with Gasteiger partial charge in [-0.25, -0.2) is 9.97 Å². The molecule has 0 N–H and O–H groups in total. The summed E-state index contributed by atoms with van der Waals surface area (Å²) in [4.78, 5) is 9.19. The minimum absolute atomic E-state index is 0.962. The Balaban J connectivity index is 1.85. The Morgan fingerprint density at radius 3 is 2.58 bits per heavy atom. The Labute approximate surface area is 138 Å². The lowest BCUT2D eigenvalue weighted by Gasteiger charge is -2.10. The smallest absolute Gasteiger partial charge is 0.146 e. The van der Waals surface area contributed by atoms with Crippen molar-refractivity contribution in [3.8, 4) is 11.1 Å². The van der Waals surface area contributed by atoms with E-state index in [0.717, 1.165) is 17.7 Å². The second-order valence-corrected chi connectivity index (χ2v) is 6.38. The number of fused-ring (bicyclic) bond motifs is 9. The Morgan fingerprint density at radius 1 is 0.708 bits per heavy atom. The van der Waals surface area contributed by atoms with Crippen molar-refractivity contribution >= 4 is 27.5 Å². The number of aromatic nitrogens is 3. The number of benzene rings is 2. The lowest BCUT2D eigenvalue weighted by atomic mass is 9.99. The van der Waals surface area contributed by atoms with Crippen molar-refractivity contribution in [1.82, 2.24) is 14.4 Å². The summed E-state index contributed by atoms with van der Waals surface area (Å²) < 4.78 is 2.09. The molecule has 0 spiro atoms. The molecule has 3 aromatic heterocycles. The summed E-state index contributed by atoms with van der Waals surface area (Å²) in [5.74, 6) is 0. The summed E-state index contributed by atoms with van der Waals surface area (Å²) in [6.07, 6.45) is 6.69. The molecule has 0 radical (unpaired) electrons. The van der Waals surface area contributed by atoms with Crippen LogP contribution in [0.4, 0.5) is 0 Å². The number of hydrogen-bond acceptors (Lipinski definition) is 2. The second-order valence-electron chi connectivity index (χ2n) is 6.38. The first-order valence-corrected chi connectivity index (χ1v) is 8.15. The third kappa shape index (κ3) is 1.42. The van der Waals surface area contributed by atoms with E-state index in [1.165, 1.54) is 38.4 Å². The summed E-state index contributed by atoms with van der Waals surface area (Å²) in [5.41, 5.74) is 7.44. The van der Waals surface area contributed by atoms with E-state index >= 15 is 0 Å². The van der Waals surface area contributed by atoms with Crippen molar-refractivity contribution in [2.45, 2.75) is 6.42 Å². The first kappa shape index (κ1) is 12.3. The molecule has 5 aromatic rings. The predicted molar refractivity (Wildman–Crippen MR) is 96.2 cm³/mol. The maximum atomic E-state index is 4.59. The van der Waals surface area contributed by atoms with Crippen LogP contribution >= 0.6 is 0 Å². The number of hydrogen-bond donors (Lipinski definition) is 0. The highest BCUT2D eigenvalue weighted by Crippen LogP contribution is 2.40. The Morgan fingerprint density at radius 2 is 1.58 bits per heavy atom. The number of imidazole rings is 1. The van der Waals surface area contributed by atoms with Gasteiger partial charge in [0.05, 0.1) is 0 Å². The summed E-state index contributed by atoms with van der Waals surface area (Å²) >= 11 is 0. The fraction of sp³-hybridized carbons (Fsp3) is 0.0476. The molecule has 2 aromatic carbocycles. The molecule has 0 fully saturated rings. The zero-order valence-electron chi connectivity index (χ0n) is 12.9. The normalized spacial score (nSPS) is 12.8. The van der Waals surface area contributed by atoms with Crippen LogP contribution in [0.15, 0.2) is 67.1 Å². The van der Waals surface area contributed by atoms with Gasteiger partial charge >= 0.3 is 0 Å². The first-order chi connectivity index (χ1) is 11.9. The van der Waals surface area contributed by atoms with Crippen LogP contribution in [0.3, 0.4) is 0 Å². The van der Waals surface area contributed by atoms with Crippen molar-refractivity contribution in [3.63, 3.8) is 0 Å². The van der Waals surface area contributed by atoms with Crippen LogP contribution in [0.25, 0.3) is 38.6 Å². The van der Waals surface area contributed by atoms with E-state index in [1.54, 1.807) is 0 Å². The van der Waals surface area contributed by atoms with Gasteiger partial charge in [0, 0.05) is 29.4 Å². The second kappa shape index (κ2) is 4.20. The van der Waals surface area contributed by atoms with Gasteiger partial charge in [0.2, 0.25) is 0 Å². The van der Waals surface area contributed by atoms with Crippen LogP contribution in [0, 0.1) is 0 Å². The minimum Gasteiger partial charge on any atom is -0.283 e. The van der Waals surface area contributed by atoms with E-state index in [-0.39, 0.29) is 0 Å². The van der Waals surface area contributed by atoms with Gasteiger partial charge in [-0.15, -0.1) is 0 Å². The van der Waals surface area contributed by atoms with Gasteiger partial charge in [0.15, 0.2) is 0 Å². The molecule has 0 amide bonds.